The van der Waals surface area contributed by atoms with Crippen molar-refractivity contribution in [1.29, 1.82) is 0 Å². The van der Waals surface area contributed by atoms with Gasteiger partial charge in [-0.15, -0.1) is 0 Å². The zero-order valence-electron chi connectivity index (χ0n) is 19.9. The van der Waals surface area contributed by atoms with Crippen LogP contribution in [0.25, 0.3) is 11.0 Å². The van der Waals surface area contributed by atoms with Crippen molar-refractivity contribution in [3.8, 4) is 11.5 Å². The summed E-state index contributed by atoms with van der Waals surface area (Å²) in [4.78, 5) is 26.7. The predicted octanol–water partition coefficient (Wildman–Crippen LogP) is 5.05. The summed E-state index contributed by atoms with van der Waals surface area (Å²) in [6, 6.07) is 12.0. The molecular weight excluding hydrogens is 414 g/mol. The van der Waals surface area contributed by atoms with Gasteiger partial charge in [0.15, 0.2) is 11.5 Å². The van der Waals surface area contributed by atoms with E-state index in [0.717, 1.165) is 46.5 Å². The maximum Gasteiger partial charge on any atom is 0.239 e. The van der Waals surface area contributed by atoms with Gasteiger partial charge >= 0.3 is 0 Å². The van der Waals surface area contributed by atoms with E-state index in [2.05, 4.69) is 39.8 Å². The number of carbonyl (C=O) groups is 1. The third kappa shape index (κ3) is 2.36. The fraction of sp³-hybridized carbons (Fsp3) is 0.444. The van der Waals surface area contributed by atoms with Gasteiger partial charge in [0.25, 0.3) is 0 Å². The number of nitrogens with zero attached hydrogens (tertiary/aromatic N) is 3. The first-order valence-electron chi connectivity index (χ1n) is 11.7. The molecule has 2 heterocycles. The van der Waals surface area contributed by atoms with Gasteiger partial charge in [-0.05, 0) is 49.8 Å². The van der Waals surface area contributed by atoms with Crippen molar-refractivity contribution in [1.82, 2.24) is 9.97 Å². The van der Waals surface area contributed by atoms with Crippen molar-refractivity contribution in [3.63, 3.8) is 0 Å². The topological polar surface area (TPSA) is 64.6 Å². The summed E-state index contributed by atoms with van der Waals surface area (Å²) < 4.78 is 11.1. The van der Waals surface area contributed by atoms with Gasteiger partial charge < -0.3 is 14.4 Å². The lowest BCUT2D eigenvalue weighted by atomic mass is 9.63. The molecule has 2 bridgehead atoms. The van der Waals surface area contributed by atoms with Crippen LogP contribution in [0.4, 0.5) is 5.69 Å². The van der Waals surface area contributed by atoms with E-state index in [4.69, 9.17) is 19.4 Å². The van der Waals surface area contributed by atoms with Crippen molar-refractivity contribution < 1.29 is 14.3 Å². The quantitative estimate of drug-likeness (QED) is 0.567. The molecule has 2 unspecified atom stereocenters. The number of hydrogen-bond acceptors (Lipinski definition) is 5. The monoisotopic (exact) mass is 443 g/mol. The number of anilines is 1. The van der Waals surface area contributed by atoms with Crippen LogP contribution in [0.5, 0.6) is 11.5 Å². The minimum atomic E-state index is -0.728. The normalized spacial score (nSPS) is 26.0. The number of carbonyl (C=O) groups excluding carboxylic acids is 1. The molecule has 1 amide bonds. The highest BCUT2D eigenvalue weighted by Crippen LogP contribution is 2.70. The van der Waals surface area contributed by atoms with Crippen LogP contribution in [0, 0.1) is 12.3 Å². The lowest BCUT2D eigenvalue weighted by Crippen LogP contribution is -2.53. The van der Waals surface area contributed by atoms with Crippen LogP contribution in [0.15, 0.2) is 36.4 Å². The lowest BCUT2D eigenvalue weighted by molar-refractivity contribution is -0.127. The molecule has 3 aliphatic rings. The van der Waals surface area contributed by atoms with E-state index in [1.165, 1.54) is 0 Å². The predicted molar refractivity (Wildman–Crippen MR) is 127 cm³/mol. The Bertz CT molecular complexity index is 1330. The smallest absolute Gasteiger partial charge is 0.239 e. The van der Waals surface area contributed by atoms with Crippen molar-refractivity contribution >= 4 is 22.6 Å². The lowest BCUT2D eigenvalue weighted by Gasteiger charge is -2.42. The molecule has 1 saturated carbocycles. The molecule has 2 aliphatic carbocycles. The first kappa shape index (κ1) is 20.5. The number of likely N-dealkylation sites (N-methyl/N-ethyl adjacent to an activating group) is 1. The van der Waals surface area contributed by atoms with Crippen molar-refractivity contribution in [2.45, 2.75) is 58.3 Å². The summed E-state index contributed by atoms with van der Waals surface area (Å²) in [5, 5.41) is 0. The average Bonchev–Trinajstić information content (AvgIpc) is 3.36. The number of fused-ring (bicyclic) bond motifs is 7. The fourth-order valence-corrected chi connectivity index (χ4v) is 6.44. The fourth-order valence-electron chi connectivity index (χ4n) is 6.44. The molecule has 6 nitrogen and oxygen atoms in total. The zero-order valence-corrected chi connectivity index (χ0v) is 19.9. The number of aryl methyl sites for hydroxylation is 1. The highest BCUT2D eigenvalue weighted by atomic mass is 16.7. The number of rotatable bonds is 3. The summed E-state index contributed by atoms with van der Waals surface area (Å²) in [7, 11) is 0. The van der Waals surface area contributed by atoms with Gasteiger partial charge in [-0.3, -0.25) is 4.79 Å². The molecule has 0 N–H and O–H groups in total. The SMILES string of the molecule is CCN(C(=O)C12CCC(C)(c3nc4cc5c(cc4nc31)OCO5)C2(C)C)c1cccc(C)c1. The van der Waals surface area contributed by atoms with Crippen LogP contribution in [0.2, 0.25) is 0 Å². The first-order chi connectivity index (χ1) is 15.7. The van der Waals surface area contributed by atoms with E-state index in [1.807, 2.05) is 36.1 Å². The molecule has 6 heteroatoms. The largest absolute Gasteiger partial charge is 0.454 e. The molecule has 1 fully saturated rings. The Kier molecular flexibility index (Phi) is 4.01. The number of benzene rings is 2. The highest BCUT2D eigenvalue weighted by molar-refractivity contribution is 6.03. The van der Waals surface area contributed by atoms with E-state index in [-0.39, 0.29) is 23.5 Å². The Hall–Kier alpha value is -3.15. The number of aromatic nitrogens is 2. The van der Waals surface area contributed by atoms with Crippen LogP contribution in [0.1, 0.15) is 57.5 Å². The standard InChI is InChI=1S/C27H29N3O3/c1-6-30(17-9-7-8-16(2)12-17)24(31)27-11-10-26(5,25(27,3)4)22-23(27)29-19-14-21-20(32-15-33-21)13-18(19)28-22/h7-9,12-14H,6,10-11,15H2,1-5H3. The third-order valence-corrected chi connectivity index (χ3v) is 8.77. The van der Waals surface area contributed by atoms with Crippen LogP contribution in [-0.4, -0.2) is 29.2 Å². The molecule has 0 radical (unpaired) electrons. The minimum Gasteiger partial charge on any atom is -0.454 e. The summed E-state index contributed by atoms with van der Waals surface area (Å²) in [5.74, 6) is 1.50. The second-order valence-corrected chi connectivity index (χ2v) is 10.4. The summed E-state index contributed by atoms with van der Waals surface area (Å²) >= 11 is 0. The molecule has 2 aromatic carbocycles. The molecular formula is C27H29N3O3. The number of amides is 1. The van der Waals surface area contributed by atoms with Crippen molar-refractivity contribution in [2.75, 3.05) is 18.2 Å². The molecule has 170 valence electrons. The molecule has 6 rings (SSSR count). The van der Waals surface area contributed by atoms with E-state index in [0.29, 0.717) is 18.0 Å². The van der Waals surface area contributed by atoms with Crippen molar-refractivity contribution in [2.24, 2.45) is 5.41 Å². The Morgan fingerprint density at radius 3 is 2.30 bits per heavy atom. The van der Waals surface area contributed by atoms with E-state index < -0.39 is 5.41 Å². The Morgan fingerprint density at radius 2 is 1.67 bits per heavy atom. The molecule has 0 saturated heterocycles. The van der Waals surface area contributed by atoms with Gasteiger partial charge in [0.1, 0.15) is 0 Å². The minimum absolute atomic E-state index is 0.123. The van der Waals surface area contributed by atoms with Gasteiger partial charge in [-0.25, -0.2) is 9.97 Å². The second kappa shape index (κ2) is 6.46. The van der Waals surface area contributed by atoms with Crippen LogP contribution < -0.4 is 14.4 Å². The van der Waals surface area contributed by atoms with Gasteiger partial charge in [0.2, 0.25) is 12.7 Å². The molecule has 3 aromatic rings. The van der Waals surface area contributed by atoms with Crippen molar-refractivity contribution in [3.05, 3.63) is 53.3 Å². The van der Waals surface area contributed by atoms with Gasteiger partial charge in [-0.1, -0.05) is 32.9 Å². The second-order valence-electron chi connectivity index (χ2n) is 10.4. The molecule has 1 aromatic heterocycles. The first-order valence-corrected chi connectivity index (χ1v) is 11.7. The maximum atomic E-state index is 14.5. The molecule has 2 atom stereocenters. The van der Waals surface area contributed by atoms with E-state index in [9.17, 15) is 4.79 Å². The van der Waals surface area contributed by atoms with Gasteiger partial charge in [0, 0.05) is 29.8 Å². The Labute approximate surface area is 193 Å². The van der Waals surface area contributed by atoms with Crippen LogP contribution >= 0.6 is 0 Å². The summed E-state index contributed by atoms with van der Waals surface area (Å²) in [6.45, 7) is 11.6. The molecule has 33 heavy (non-hydrogen) atoms. The maximum absolute atomic E-state index is 14.5. The number of ether oxygens (including phenoxy) is 2. The summed E-state index contributed by atoms with van der Waals surface area (Å²) in [5.41, 5.74) is 4.11. The zero-order chi connectivity index (χ0) is 23.2. The number of hydrogen-bond donors (Lipinski definition) is 0. The third-order valence-electron chi connectivity index (χ3n) is 8.77. The summed E-state index contributed by atoms with van der Waals surface area (Å²) in [6.07, 6.45) is 1.68. The van der Waals surface area contributed by atoms with Gasteiger partial charge in [0.05, 0.1) is 27.8 Å². The molecule has 0 spiro atoms. The Morgan fingerprint density at radius 1 is 1.00 bits per heavy atom. The van der Waals surface area contributed by atoms with Gasteiger partial charge in [-0.2, -0.15) is 0 Å². The average molecular weight is 444 g/mol. The molecule has 1 aliphatic heterocycles. The van der Waals surface area contributed by atoms with E-state index >= 15 is 0 Å². The van der Waals surface area contributed by atoms with Crippen LogP contribution in [-0.2, 0) is 15.6 Å². The Balaban J connectivity index is 1.58. The highest BCUT2D eigenvalue weighted by Gasteiger charge is 2.73. The van der Waals surface area contributed by atoms with Crippen LogP contribution in [0.3, 0.4) is 0 Å². The van der Waals surface area contributed by atoms with E-state index in [1.54, 1.807) is 0 Å².